The van der Waals surface area contributed by atoms with Crippen LogP contribution in [0.5, 0.6) is 17.2 Å². The lowest BCUT2D eigenvalue weighted by atomic mass is 10.1. The van der Waals surface area contributed by atoms with Crippen LogP contribution in [0.25, 0.3) is 0 Å². The van der Waals surface area contributed by atoms with E-state index >= 15 is 0 Å². The number of methoxy groups -OCH3 is 1. The Bertz CT molecular complexity index is 804. The standard InChI is InChI=1S/C20H19NO4/c1-14-19(25-18-8-4-3-7-17(18)24-14)20(22)21-13-5-6-15-9-11-16(23-2)12-10-15/h3-4,7-12,14,19H,13H2,1-2H3,(H,21,22). The summed E-state index contributed by atoms with van der Waals surface area (Å²) in [4.78, 5) is 12.3. The van der Waals surface area contributed by atoms with E-state index in [-0.39, 0.29) is 18.6 Å². The van der Waals surface area contributed by atoms with Crippen molar-refractivity contribution < 1.29 is 19.0 Å². The summed E-state index contributed by atoms with van der Waals surface area (Å²) < 4.78 is 16.6. The van der Waals surface area contributed by atoms with Crippen molar-refractivity contribution in [2.45, 2.75) is 19.1 Å². The van der Waals surface area contributed by atoms with Crippen molar-refractivity contribution in [1.82, 2.24) is 5.32 Å². The molecule has 2 unspecified atom stereocenters. The molecular formula is C20H19NO4. The molecule has 1 aliphatic heterocycles. The Morgan fingerprint density at radius 2 is 1.80 bits per heavy atom. The summed E-state index contributed by atoms with van der Waals surface area (Å²) in [6, 6.07) is 14.7. The molecule has 0 radical (unpaired) electrons. The van der Waals surface area contributed by atoms with Crippen LogP contribution in [0.4, 0.5) is 0 Å². The fourth-order valence-corrected chi connectivity index (χ4v) is 2.46. The summed E-state index contributed by atoms with van der Waals surface area (Å²) in [6.45, 7) is 2.04. The van der Waals surface area contributed by atoms with Gasteiger partial charge in [-0.3, -0.25) is 4.79 Å². The molecule has 25 heavy (non-hydrogen) atoms. The van der Waals surface area contributed by atoms with E-state index in [1.54, 1.807) is 13.2 Å². The summed E-state index contributed by atoms with van der Waals surface area (Å²) in [6.07, 6.45) is -1.07. The molecule has 2 aromatic rings. The van der Waals surface area contributed by atoms with Crippen molar-refractivity contribution in [3.8, 4) is 29.1 Å². The summed E-state index contributed by atoms with van der Waals surface area (Å²) in [5, 5.41) is 2.76. The molecular weight excluding hydrogens is 318 g/mol. The van der Waals surface area contributed by atoms with Gasteiger partial charge in [0.05, 0.1) is 13.7 Å². The minimum atomic E-state index is -0.697. The Morgan fingerprint density at radius 1 is 1.12 bits per heavy atom. The van der Waals surface area contributed by atoms with Crippen molar-refractivity contribution in [1.29, 1.82) is 0 Å². The molecule has 128 valence electrons. The summed E-state index contributed by atoms with van der Waals surface area (Å²) in [5.41, 5.74) is 0.856. The number of ether oxygens (including phenoxy) is 3. The highest BCUT2D eigenvalue weighted by Gasteiger charge is 2.33. The van der Waals surface area contributed by atoms with Crippen LogP contribution in [0.1, 0.15) is 12.5 Å². The molecule has 3 rings (SSSR count). The molecule has 1 amide bonds. The van der Waals surface area contributed by atoms with Gasteiger partial charge < -0.3 is 19.5 Å². The summed E-state index contributed by atoms with van der Waals surface area (Å²) in [7, 11) is 1.62. The maximum Gasteiger partial charge on any atom is 0.265 e. The van der Waals surface area contributed by atoms with Crippen molar-refractivity contribution in [3.05, 3.63) is 54.1 Å². The van der Waals surface area contributed by atoms with E-state index in [1.807, 2.05) is 49.4 Å². The zero-order valence-electron chi connectivity index (χ0n) is 14.1. The van der Waals surface area contributed by atoms with E-state index in [0.717, 1.165) is 11.3 Å². The fourth-order valence-electron chi connectivity index (χ4n) is 2.46. The van der Waals surface area contributed by atoms with Crippen molar-refractivity contribution >= 4 is 5.91 Å². The molecule has 0 saturated carbocycles. The number of rotatable bonds is 3. The first-order chi connectivity index (χ1) is 12.2. The van der Waals surface area contributed by atoms with Crippen LogP contribution >= 0.6 is 0 Å². The molecule has 0 aliphatic carbocycles. The van der Waals surface area contributed by atoms with Crippen LogP contribution in [0.3, 0.4) is 0 Å². The molecule has 1 aliphatic rings. The molecule has 1 N–H and O–H groups in total. The number of benzene rings is 2. The SMILES string of the molecule is COc1ccc(C#CCNC(=O)C2Oc3ccccc3OC2C)cc1. The first-order valence-corrected chi connectivity index (χ1v) is 8.00. The third-order valence-electron chi connectivity index (χ3n) is 3.77. The Kier molecular flexibility index (Phi) is 5.10. The first-order valence-electron chi connectivity index (χ1n) is 8.00. The van der Waals surface area contributed by atoms with Crippen LogP contribution in [0.15, 0.2) is 48.5 Å². The monoisotopic (exact) mass is 337 g/mol. The summed E-state index contributed by atoms with van der Waals surface area (Å²) >= 11 is 0. The first kappa shape index (κ1) is 16.7. The largest absolute Gasteiger partial charge is 0.497 e. The minimum Gasteiger partial charge on any atom is -0.497 e. The van der Waals surface area contributed by atoms with Gasteiger partial charge >= 0.3 is 0 Å². The normalized spacial score (nSPS) is 17.8. The predicted octanol–water partition coefficient (Wildman–Crippen LogP) is 2.39. The second-order valence-electron chi connectivity index (χ2n) is 5.56. The highest BCUT2D eigenvalue weighted by molar-refractivity contribution is 5.82. The number of hydrogen-bond donors (Lipinski definition) is 1. The molecule has 2 atom stereocenters. The number of para-hydroxylation sites is 2. The molecule has 0 fully saturated rings. The van der Waals surface area contributed by atoms with Gasteiger partial charge in [0, 0.05) is 5.56 Å². The average molecular weight is 337 g/mol. The average Bonchev–Trinajstić information content (AvgIpc) is 2.65. The van der Waals surface area contributed by atoms with Crippen molar-refractivity contribution in [2.24, 2.45) is 0 Å². The highest BCUT2D eigenvalue weighted by atomic mass is 16.6. The van der Waals surface area contributed by atoms with Crippen LogP contribution < -0.4 is 19.5 Å². The van der Waals surface area contributed by atoms with Gasteiger partial charge in [-0.05, 0) is 43.3 Å². The second kappa shape index (κ2) is 7.63. The van der Waals surface area contributed by atoms with Crippen molar-refractivity contribution in [3.63, 3.8) is 0 Å². The molecule has 1 heterocycles. The number of carbonyl (C=O) groups excluding carboxylic acids is 1. The third-order valence-corrected chi connectivity index (χ3v) is 3.77. The van der Waals surface area contributed by atoms with Crippen LogP contribution in [-0.4, -0.2) is 31.8 Å². The third kappa shape index (κ3) is 4.04. The lowest BCUT2D eigenvalue weighted by molar-refractivity contribution is -0.133. The topological polar surface area (TPSA) is 56.8 Å². The number of nitrogens with one attached hydrogen (secondary N) is 1. The van der Waals surface area contributed by atoms with E-state index in [9.17, 15) is 4.79 Å². The molecule has 0 bridgehead atoms. The number of hydrogen-bond acceptors (Lipinski definition) is 4. The Hall–Kier alpha value is -3.13. The Morgan fingerprint density at radius 3 is 2.48 bits per heavy atom. The molecule has 0 aromatic heterocycles. The number of carbonyl (C=O) groups is 1. The van der Waals surface area contributed by atoms with E-state index in [0.29, 0.717) is 11.5 Å². The molecule has 0 saturated heterocycles. The van der Waals surface area contributed by atoms with E-state index in [4.69, 9.17) is 14.2 Å². The molecule has 2 aromatic carbocycles. The van der Waals surface area contributed by atoms with Gasteiger partial charge in [0.25, 0.3) is 5.91 Å². The predicted molar refractivity (Wildman–Crippen MR) is 93.8 cm³/mol. The fraction of sp³-hybridized carbons (Fsp3) is 0.250. The smallest absolute Gasteiger partial charge is 0.265 e. The lowest BCUT2D eigenvalue weighted by Crippen LogP contribution is -2.49. The summed E-state index contributed by atoms with van der Waals surface area (Å²) in [5.74, 6) is 7.67. The van der Waals surface area contributed by atoms with Gasteiger partial charge in [-0.1, -0.05) is 24.0 Å². The van der Waals surface area contributed by atoms with Gasteiger partial charge in [0.1, 0.15) is 11.9 Å². The van der Waals surface area contributed by atoms with Crippen molar-refractivity contribution in [2.75, 3.05) is 13.7 Å². The van der Waals surface area contributed by atoms with Gasteiger partial charge in [0.15, 0.2) is 11.5 Å². The molecule has 5 heteroatoms. The minimum absolute atomic E-state index is 0.235. The number of amides is 1. The quantitative estimate of drug-likeness (QED) is 0.874. The van der Waals surface area contributed by atoms with Gasteiger partial charge in [0.2, 0.25) is 6.10 Å². The highest BCUT2D eigenvalue weighted by Crippen LogP contribution is 2.33. The zero-order valence-corrected chi connectivity index (χ0v) is 14.1. The molecule has 5 nitrogen and oxygen atoms in total. The lowest BCUT2D eigenvalue weighted by Gasteiger charge is -2.30. The van der Waals surface area contributed by atoms with E-state index < -0.39 is 6.10 Å². The number of fused-ring (bicyclic) bond motifs is 1. The Balaban J connectivity index is 1.55. The van der Waals surface area contributed by atoms with Crippen LogP contribution in [-0.2, 0) is 4.79 Å². The second-order valence-corrected chi connectivity index (χ2v) is 5.56. The van der Waals surface area contributed by atoms with Gasteiger partial charge in [-0.25, -0.2) is 0 Å². The van der Waals surface area contributed by atoms with Crippen LogP contribution in [0.2, 0.25) is 0 Å². The van der Waals surface area contributed by atoms with Crippen LogP contribution in [0, 0.1) is 11.8 Å². The van der Waals surface area contributed by atoms with Gasteiger partial charge in [-0.15, -0.1) is 0 Å². The molecule has 0 spiro atoms. The van der Waals surface area contributed by atoms with E-state index in [1.165, 1.54) is 0 Å². The Labute approximate surface area is 146 Å². The zero-order chi connectivity index (χ0) is 17.6. The van der Waals surface area contributed by atoms with Gasteiger partial charge in [-0.2, -0.15) is 0 Å². The maximum absolute atomic E-state index is 12.3. The maximum atomic E-state index is 12.3. The van der Waals surface area contributed by atoms with E-state index in [2.05, 4.69) is 17.2 Å².